The van der Waals surface area contributed by atoms with Crippen molar-refractivity contribution in [2.75, 3.05) is 50.8 Å². The van der Waals surface area contributed by atoms with Crippen molar-refractivity contribution < 1.29 is 14.3 Å². The zero-order valence-corrected chi connectivity index (χ0v) is 18.9. The Morgan fingerprint density at radius 2 is 2.06 bits per heavy atom. The maximum absolute atomic E-state index is 12.3. The fourth-order valence-electron chi connectivity index (χ4n) is 4.67. The first kappa shape index (κ1) is 22.0. The van der Waals surface area contributed by atoms with Crippen LogP contribution in [0.5, 0.6) is 0 Å². The number of aryl methyl sites for hydroxylation is 1. The SMILES string of the molecule is Cc1nc(N2CCN(CC(=O)NC[C@@H]3CCCO3)CC2)c(C#N)c2c1COC(C)(C)C2. The fraction of sp³-hybridized carbons (Fsp3) is 0.696. The number of nitrogens with zero attached hydrogens (tertiary/aromatic N) is 4. The minimum Gasteiger partial charge on any atom is -0.376 e. The highest BCUT2D eigenvalue weighted by atomic mass is 16.5. The summed E-state index contributed by atoms with van der Waals surface area (Å²) in [6, 6.07) is 2.42. The molecule has 1 N–H and O–H groups in total. The van der Waals surface area contributed by atoms with Gasteiger partial charge in [0.05, 0.1) is 30.4 Å². The zero-order chi connectivity index (χ0) is 22.0. The van der Waals surface area contributed by atoms with E-state index in [4.69, 9.17) is 14.5 Å². The van der Waals surface area contributed by atoms with Gasteiger partial charge >= 0.3 is 0 Å². The minimum absolute atomic E-state index is 0.0478. The molecule has 2 saturated heterocycles. The summed E-state index contributed by atoms with van der Waals surface area (Å²) >= 11 is 0. The molecule has 1 aromatic heterocycles. The molecule has 1 amide bonds. The molecular formula is C23H33N5O3. The molecule has 8 heteroatoms. The zero-order valence-electron chi connectivity index (χ0n) is 18.9. The van der Waals surface area contributed by atoms with Crippen LogP contribution in [0.3, 0.4) is 0 Å². The molecule has 1 aromatic rings. The number of hydrogen-bond donors (Lipinski definition) is 1. The van der Waals surface area contributed by atoms with Gasteiger partial charge in [-0.2, -0.15) is 5.26 Å². The summed E-state index contributed by atoms with van der Waals surface area (Å²) in [7, 11) is 0. The van der Waals surface area contributed by atoms with Crippen molar-refractivity contribution in [1.29, 1.82) is 5.26 Å². The molecule has 8 nitrogen and oxygen atoms in total. The largest absolute Gasteiger partial charge is 0.376 e. The smallest absolute Gasteiger partial charge is 0.234 e. The monoisotopic (exact) mass is 427 g/mol. The van der Waals surface area contributed by atoms with E-state index in [-0.39, 0.29) is 17.6 Å². The van der Waals surface area contributed by atoms with Crippen molar-refractivity contribution >= 4 is 11.7 Å². The van der Waals surface area contributed by atoms with Crippen molar-refractivity contribution in [2.45, 2.75) is 58.3 Å². The number of carbonyl (C=O) groups excluding carboxylic acids is 1. The molecule has 0 aliphatic carbocycles. The topological polar surface area (TPSA) is 90.7 Å². The molecule has 3 aliphatic heterocycles. The Balaban J connectivity index is 1.38. The summed E-state index contributed by atoms with van der Waals surface area (Å²) < 4.78 is 11.5. The van der Waals surface area contributed by atoms with Crippen LogP contribution in [-0.4, -0.2) is 73.4 Å². The van der Waals surface area contributed by atoms with E-state index in [1.54, 1.807) is 0 Å². The standard InChI is InChI=1S/C23H33N5O3/c1-16-20-15-31-23(2,3)11-18(20)19(12-24)22(26-16)28-8-6-27(7-9-28)14-21(29)25-13-17-5-4-10-30-17/h17H,4-11,13-15H2,1-3H3,(H,25,29)/t17-/m0/s1. The first-order chi connectivity index (χ1) is 14.9. The predicted octanol–water partition coefficient (Wildman–Crippen LogP) is 1.53. The lowest BCUT2D eigenvalue weighted by Crippen LogP contribution is -2.50. The minimum atomic E-state index is -0.279. The van der Waals surface area contributed by atoms with Gasteiger partial charge in [-0.05, 0) is 39.2 Å². The molecule has 0 spiro atoms. The second-order valence-electron chi connectivity index (χ2n) is 9.39. The van der Waals surface area contributed by atoms with Gasteiger partial charge in [-0.25, -0.2) is 4.98 Å². The molecule has 1 atom stereocenters. The van der Waals surface area contributed by atoms with Crippen LogP contribution in [0.2, 0.25) is 0 Å². The van der Waals surface area contributed by atoms with Crippen molar-refractivity contribution in [1.82, 2.24) is 15.2 Å². The number of anilines is 1. The van der Waals surface area contributed by atoms with Gasteiger partial charge < -0.3 is 19.7 Å². The van der Waals surface area contributed by atoms with Crippen LogP contribution in [0.15, 0.2) is 0 Å². The quantitative estimate of drug-likeness (QED) is 0.762. The van der Waals surface area contributed by atoms with Gasteiger partial charge in [-0.3, -0.25) is 9.69 Å². The number of carbonyl (C=O) groups is 1. The van der Waals surface area contributed by atoms with E-state index < -0.39 is 0 Å². The predicted molar refractivity (Wildman–Crippen MR) is 117 cm³/mol. The first-order valence-electron chi connectivity index (χ1n) is 11.3. The Morgan fingerprint density at radius 3 is 2.74 bits per heavy atom. The van der Waals surface area contributed by atoms with E-state index in [1.165, 1.54) is 0 Å². The third-order valence-electron chi connectivity index (χ3n) is 6.51. The second-order valence-corrected chi connectivity index (χ2v) is 9.39. The van der Waals surface area contributed by atoms with E-state index in [0.717, 1.165) is 68.3 Å². The number of ether oxygens (including phenoxy) is 2. The molecule has 0 bridgehead atoms. The van der Waals surface area contributed by atoms with Gasteiger partial charge in [0, 0.05) is 57.0 Å². The maximum Gasteiger partial charge on any atom is 0.234 e. The van der Waals surface area contributed by atoms with E-state index in [1.807, 2.05) is 6.92 Å². The highest BCUT2D eigenvalue weighted by Gasteiger charge is 2.32. The van der Waals surface area contributed by atoms with E-state index >= 15 is 0 Å². The highest BCUT2D eigenvalue weighted by molar-refractivity contribution is 5.78. The molecule has 0 unspecified atom stereocenters. The number of amides is 1. The van der Waals surface area contributed by atoms with Crippen LogP contribution in [0.25, 0.3) is 0 Å². The molecule has 0 saturated carbocycles. The second kappa shape index (κ2) is 9.11. The number of piperazine rings is 1. The third kappa shape index (κ3) is 5.00. The lowest BCUT2D eigenvalue weighted by atomic mass is 9.88. The summed E-state index contributed by atoms with van der Waals surface area (Å²) in [5.41, 5.74) is 3.48. The Labute approximate surface area is 184 Å². The van der Waals surface area contributed by atoms with Gasteiger partial charge in [-0.15, -0.1) is 0 Å². The molecule has 0 aromatic carbocycles. The number of pyridine rings is 1. The molecule has 0 radical (unpaired) electrons. The van der Waals surface area contributed by atoms with Crippen LogP contribution in [0, 0.1) is 18.3 Å². The number of nitrogens with one attached hydrogen (secondary N) is 1. The van der Waals surface area contributed by atoms with Crippen LogP contribution >= 0.6 is 0 Å². The van der Waals surface area contributed by atoms with Crippen molar-refractivity contribution in [3.8, 4) is 6.07 Å². The number of nitriles is 1. The van der Waals surface area contributed by atoms with Crippen LogP contribution in [-0.2, 0) is 27.3 Å². The van der Waals surface area contributed by atoms with Gasteiger partial charge in [0.15, 0.2) is 0 Å². The summed E-state index contributed by atoms with van der Waals surface area (Å²) in [4.78, 5) is 21.4. The van der Waals surface area contributed by atoms with Gasteiger partial charge in [0.1, 0.15) is 11.9 Å². The summed E-state index contributed by atoms with van der Waals surface area (Å²) in [5.74, 6) is 0.825. The van der Waals surface area contributed by atoms with E-state index in [0.29, 0.717) is 31.7 Å². The van der Waals surface area contributed by atoms with Gasteiger partial charge in [0.2, 0.25) is 5.91 Å². The van der Waals surface area contributed by atoms with E-state index in [9.17, 15) is 10.1 Å². The summed E-state index contributed by atoms with van der Waals surface area (Å²) in [6.07, 6.45) is 2.98. The van der Waals surface area contributed by atoms with Crippen molar-refractivity contribution in [2.24, 2.45) is 0 Å². The van der Waals surface area contributed by atoms with Crippen LogP contribution in [0.4, 0.5) is 5.82 Å². The normalized spacial score (nSPS) is 23.3. The number of aromatic nitrogens is 1. The number of fused-ring (bicyclic) bond motifs is 1. The van der Waals surface area contributed by atoms with Crippen LogP contribution in [0.1, 0.15) is 49.1 Å². The Bertz CT molecular complexity index is 865. The van der Waals surface area contributed by atoms with E-state index in [2.05, 4.69) is 35.0 Å². The highest BCUT2D eigenvalue weighted by Crippen LogP contribution is 2.35. The molecule has 3 aliphatic rings. The average molecular weight is 428 g/mol. The molecule has 31 heavy (non-hydrogen) atoms. The molecular weight excluding hydrogens is 394 g/mol. The van der Waals surface area contributed by atoms with Crippen molar-refractivity contribution in [3.05, 3.63) is 22.4 Å². The summed E-state index contributed by atoms with van der Waals surface area (Å²) in [6.45, 7) is 11.5. The lowest BCUT2D eigenvalue weighted by molar-refractivity contribution is -0.122. The summed E-state index contributed by atoms with van der Waals surface area (Å²) in [5, 5.41) is 13.0. The first-order valence-corrected chi connectivity index (χ1v) is 11.3. The number of rotatable bonds is 5. The molecule has 4 rings (SSSR count). The number of hydrogen-bond acceptors (Lipinski definition) is 7. The lowest BCUT2D eigenvalue weighted by Gasteiger charge is -2.38. The Kier molecular flexibility index (Phi) is 6.47. The molecule has 168 valence electrons. The maximum atomic E-state index is 12.3. The molecule has 4 heterocycles. The van der Waals surface area contributed by atoms with Gasteiger partial charge in [0.25, 0.3) is 0 Å². The third-order valence-corrected chi connectivity index (χ3v) is 6.51. The Hall–Kier alpha value is -2.21. The van der Waals surface area contributed by atoms with Gasteiger partial charge in [-0.1, -0.05) is 0 Å². The fourth-order valence-corrected chi connectivity index (χ4v) is 4.67. The Morgan fingerprint density at radius 1 is 1.29 bits per heavy atom. The van der Waals surface area contributed by atoms with Crippen LogP contribution < -0.4 is 10.2 Å². The average Bonchev–Trinajstić information content (AvgIpc) is 3.25. The van der Waals surface area contributed by atoms with Crippen molar-refractivity contribution in [3.63, 3.8) is 0 Å². The molecule has 2 fully saturated rings.